The molecule has 0 radical (unpaired) electrons. The third-order valence-electron chi connectivity index (χ3n) is 5.75. The predicted molar refractivity (Wildman–Crippen MR) is 147 cm³/mol. The maximum atomic E-state index is 13.0. The molecule has 1 saturated heterocycles. The lowest BCUT2D eigenvalue weighted by atomic mass is 10.3. The van der Waals surface area contributed by atoms with E-state index in [4.69, 9.17) is 28.9 Å². The van der Waals surface area contributed by atoms with Crippen LogP contribution in [-0.2, 0) is 9.73 Å². The number of para-hydroxylation sites is 1. The fourth-order valence-electron chi connectivity index (χ4n) is 3.69. The fraction of sp³-hybridized carbons (Fsp3) is 0.348. The van der Waals surface area contributed by atoms with Gasteiger partial charge < -0.3 is 20.9 Å². The summed E-state index contributed by atoms with van der Waals surface area (Å²) in [4.78, 5) is 33.9. The van der Waals surface area contributed by atoms with Crippen molar-refractivity contribution >= 4 is 56.3 Å². The molecule has 3 N–H and O–H groups in total. The maximum Gasteiger partial charge on any atom is 0.273 e. The van der Waals surface area contributed by atoms with Crippen molar-refractivity contribution in [3.63, 3.8) is 0 Å². The molecular formula is C23H27Cl2N9O3S. The number of hydrogen-bond donors (Lipinski definition) is 2. The Kier molecular flexibility index (Phi) is 8.51. The van der Waals surface area contributed by atoms with Crippen LogP contribution in [0.1, 0.15) is 21.0 Å². The number of pyridine rings is 1. The quantitative estimate of drug-likeness (QED) is 0.412. The zero-order chi connectivity index (χ0) is 27.4. The molecule has 3 aromatic rings. The number of rotatable bonds is 8. The van der Waals surface area contributed by atoms with E-state index in [-0.39, 0.29) is 33.2 Å². The minimum Gasteiger partial charge on any atom is -0.364 e. The Labute approximate surface area is 230 Å². The highest BCUT2D eigenvalue weighted by atomic mass is 35.5. The molecule has 0 bridgehead atoms. The average Bonchev–Trinajstić information content (AvgIpc) is 3.27. The SMILES string of the molecule is CN(C)CCN=S1(=O)CCN(C(=O)c2ccc(Nc3nn(-c4c(Cl)cccc4Cl)nc3C(N)=O)cn2)CC1. The number of hydrogen-bond acceptors (Lipinski definition) is 9. The Balaban J connectivity index is 1.45. The molecule has 1 aliphatic heterocycles. The summed E-state index contributed by atoms with van der Waals surface area (Å²) in [6.45, 7) is 1.93. The number of nitrogens with zero attached hydrogens (tertiary/aromatic N) is 7. The van der Waals surface area contributed by atoms with Crippen molar-refractivity contribution in [2.45, 2.75) is 0 Å². The molecule has 0 saturated carbocycles. The third kappa shape index (κ3) is 6.41. The third-order valence-corrected chi connectivity index (χ3v) is 8.66. The van der Waals surface area contributed by atoms with Crippen LogP contribution in [0.2, 0.25) is 10.0 Å². The highest BCUT2D eigenvalue weighted by molar-refractivity contribution is 7.93. The molecule has 0 unspecified atom stereocenters. The number of nitrogens with one attached hydrogen (secondary N) is 1. The summed E-state index contributed by atoms with van der Waals surface area (Å²) in [6.07, 6.45) is 1.43. The second-order valence-corrected chi connectivity index (χ2v) is 12.2. The van der Waals surface area contributed by atoms with Gasteiger partial charge >= 0.3 is 0 Å². The van der Waals surface area contributed by atoms with Crippen molar-refractivity contribution in [3.8, 4) is 5.69 Å². The molecule has 1 fully saturated rings. The van der Waals surface area contributed by atoms with Crippen molar-refractivity contribution < 1.29 is 13.8 Å². The van der Waals surface area contributed by atoms with Crippen LogP contribution in [0.15, 0.2) is 40.9 Å². The standard InChI is InChI=1S/C23H27Cl2N9O3S/c1-32(2)9-8-28-38(37)12-10-33(11-13-38)23(36)18-7-6-15(14-27-18)29-22-19(21(26)35)30-34(31-22)20-16(24)4-3-5-17(20)25/h3-7,14H,8-13H2,1-2H3,(H2,26,35)(H,29,31). The van der Waals surface area contributed by atoms with E-state index in [0.717, 1.165) is 11.3 Å². The van der Waals surface area contributed by atoms with Crippen LogP contribution < -0.4 is 11.1 Å². The van der Waals surface area contributed by atoms with E-state index in [1.54, 1.807) is 35.2 Å². The van der Waals surface area contributed by atoms with E-state index in [0.29, 0.717) is 42.5 Å². The first-order valence-electron chi connectivity index (χ1n) is 11.6. The van der Waals surface area contributed by atoms with Crippen molar-refractivity contribution in [1.82, 2.24) is 29.8 Å². The van der Waals surface area contributed by atoms with Gasteiger partial charge in [0.2, 0.25) is 0 Å². The Bertz CT molecular complexity index is 1430. The predicted octanol–water partition coefficient (Wildman–Crippen LogP) is 2.30. The first kappa shape index (κ1) is 27.8. The number of likely N-dealkylation sites (N-methyl/N-ethyl adjacent to an activating group) is 1. The van der Waals surface area contributed by atoms with Crippen molar-refractivity contribution in [3.05, 3.63) is 58.0 Å². The molecule has 1 aromatic carbocycles. The monoisotopic (exact) mass is 579 g/mol. The molecule has 15 heteroatoms. The molecule has 38 heavy (non-hydrogen) atoms. The summed E-state index contributed by atoms with van der Waals surface area (Å²) >= 11 is 12.5. The van der Waals surface area contributed by atoms with Gasteiger partial charge in [-0.05, 0) is 38.4 Å². The number of halogens is 2. The Morgan fingerprint density at radius 2 is 1.82 bits per heavy atom. The van der Waals surface area contributed by atoms with Gasteiger partial charge in [-0.3, -0.25) is 9.59 Å². The van der Waals surface area contributed by atoms with Crippen LogP contribution in [0.3, 0.4) is 0 Å². The number of carbonyl (C=O) groups is 2. The maximum absolute atomic E-state index is 13.0. The molecule has 12 nitrogen and oxygen atoms in total. The van der Waals surface area contributed by atoms with Crippen LogP contribution in [-0.4, -0.2) is 97.6 Å². The largest absolute Gasteiger partial charge is 0.364 e. The number of anilines is 2. The van der Waals surface area contributed by atoms with Crippen LogP contribution in [0.4, 0.5) is 11.5 Å². The topological polar surface area (TPSA) is 152 Å². The van der Waals surface area contributed by atoms with E-state index in [1.165, 1.54) is 6.20 Å². The minimum absolute atomic E-state index is 0.0678. The number of benzene rings is 1. The van der Waals surface area contributed by atoms with Crippen LogP contribution in [0.5, 0.6) is 0 Å². The lowest BCUT2D eigenvalue weighted by Gasteiger charge is -2.28. The molecule has 2 aromatic heterocycles. The average molecular weight is 581 g/mol. The molecule has 1 aliphatic rings. The zero-order valence-electron chi connectivity index (χ0n) is 20.8. The van der Waals surface area contributed by atoms with E-state index in [2.05, 4.69) is 24.9 Å². The molecule has 0 atom stereocenters. The second-order valence-electron chi connectivity index (χ2n) is 8.81. The minimum atomic E-state index is -2.31. The van der Waals surface area contributed by atoms with E-state index < -0.39 is 15.6 Å². The Hall–Kier alpha value is -3.26. The van der Waals surface area contributed by atoms with Gasteiger partial charge in [-0.15, -0.1) is 15.0 Å². The normalized spacial score (nSPS) is 14.9. The van der Waals surface area contributed by atoms with Crippen molar-refractivity contribution in [2.24, 2.45) is 10.1 Å². The van der Waals surface area contributed by atoms with E-state index in [9.17, 15) is 13.8 Å². The van der Waals surface area contributed by atoms with Gasteiger partial charge in [0.25, 0.3) is 11.8 Å². The van der Waals surface area contributed by atoms with Crippen molar-refractivity contribution in [2.75, 3.05) is 57.1 Å². The first-order valence-corrected chi connectivity index (χ1v) is 14.2. The number of aromatic nitrogens is 4. The number of amides is 2. The van der Waals surface area contributed by atoms with Gasteiger partial charge in [0, 0.05) is 31.1 Å². The number of primary amides is 1. The van der Waals surface area contributed by atoms with Gasteiger partial charge in [0.05, 0.1) is 38.2 Å². The van der Waals surface area contributed by atoms with Crippen LogP contribution >= 0.6 is 23.2 Å². The summed E-state index contributed by atoms with van der Waals surface area (Å²) in [5, 5.41) is 11.9. The van der Waals surface area contributed by atoms with E-state index in [1.807, 2.05) is 19.0 Å². The summed E-state index contributed by atoms with van der Waals surface area (Å²) in [5.41, 5.74) is 6.33. The molecule has 3 heterocycles. The fourth-order valence-corrected chi connectivity index (χ4v) is 6.13. The summed E-state index contributed by atoms with van der Waals surface area (Å²) < 4.78 is 17.3. The van der Waals surface area contributed by atoms with Gasteiger partial charge in [-0.1, -0.05) is 29.3 Å². The highest BCUT2D eigenvalue weighted by Gasteiger charge is 2.26. The molecular weight excluding hydrogens is 553 g/mol. The number of nitrogens with two attached hydrogens (primary N) is 1. The van der Waals surface area contributed by atoms with Gasteiger partial charge in [0.1, 0.15) is 11.4 Å². The molecule has 2 amide bonds. The highest BCUT2D eigenvalue weighted by Crippen LogP contribution is 2.28. The Morgan fingerprint density at radius 1 is 1.13 bits per heavy atom. The lowest BCUT2D eigenvalue weighted by Crippen LogP contribution is -2.44. The van der Waals surface area contributed by atoms with Gasteiger partial charge in [-0.25, -0.2) is 13.6 Å². The Morgan fingerprint density at radius 3 is 2.39 bits per heavy atom. The van der Waals surface area contributed by atoms with E-state index >= 15 is 0 Å². The van der Waals surface area contributed by atoms with Crippen LogP contribution in [0.25, 0.3) is 5.69 Å². The first-order chi connectivity index (χ1) is 18.1. The second kappa shape index (κ2) is 11.6. The van der Waals surface area contributed by atoms with Crippen LogP contribution in [0, 0.1) is 0 Å². The molecule has 202 valence electrons. The molecule has 0 aliphatic carbocycles. The summed E-state index contributed by atoms with van der Waals surface area (Å²) in [6, 6.07) is 8.07. The molecule has 4 rings (SSSR count). The summed E-state index contributed by atoms with van der Waals surface area (Å²) in [5.74, 6) is -0.321. The smallest absolute Gasteiger partial charge is 0.273 e. The molecule has 0 spiro atoms. The van der Waals surface area contributed by atoms with Crippen molar-refractivity contribution in [1.29, 1.82) is 0 Å². The lowest BCUT2D eigenvalue weighted by molar-refractivity contribution is 0.0765. The van der Waals surface area contributed by atoms with Gasteiger partial charge in [-0.2, -0.15) is 0 Å². The summed E-state index contributed by atoms with van der Waals surface area (Å²) in [7, 11) is 1.57. The van der Waals surface area contributed by atoms with Gasteiger partial charge in [0.15, 0.2) is 11.5 Å². The number of carbonyl (C=O) groups excluding carboxylic acids is 2. The zero-order valence-corrected chi connectivity index (χ0v) is 23.1.